The van der Waals surface area contributed by atoms with E-state index in [2.05, 4.69) is 4.98 Å². The highest BCUT2D eigenvalue weighted by molar-refractivity contribution is 6.35. The van der Waals surface area contributed by atoms with Crippen LogP contribution in [0.25, 0.3) is 0 Å². The molecule has 1 heterocycles. The molecule has 28 heavy (non-hydrogen) atoms. The van der Waals surface area contributed by atoms with Crippen molar-refractivity contribution in [2.45, 2.75) is 12.4 Å². The average molecular weight is 446 g/mol. The van der Waals surface area contributed by atoms with Gasteiger partial charge in [-0.05, 0) is 24.3 Å². The lowest BCUT2D eigenvalue weighted by Gasteiger charge is -2.17. The van der Waals surface area contributed by atoms with Crippen LogP contribution in [0.5, 0.6) is 0 Å². The molecule has 0 atom stereocenters. The Morgan fingerprint density at radius 2 is 1.64 bits per heavy atom. The summed E-state index contributed by atoms with van der Waals surface area (Å²) in [7, 11) is 0. The molecule has 2 aromatic rings. The third kappa shape index (κ3) is 5.04. The molecule has 5 nitrogen and oxygen atoms in total. The summed E-state index contributed by atoms with van der Waals surface area (Å²) in [4.78, 5) is 27.4. The predicted octanol–water partition coefficient (Wildman–Crippen LogP) is 5.39. The predicted molar refractivity (Wildman–Crippen MR) is 87.2 cm³/mol. The Bertz CT molecular complexity index is 931. The molecule has 3 amide bonds. The summed E-state index contributed by atoms with van der Waals surface area (Å²) in [5.74, 6) is -1.09. The van der Waals surface area contributed by atoms with Crippen LogP contribution in [0.4, 0.5) is 36.8 Å². The van der Waals surface area contributed by atoms with Gasteiger partial charge < -0.3 is 5.32 Å². The number of rotatable bonds is 2. The molecule has 0 spiro atoms. The second-order valence-electron chi connectivity index (χ2n) is 5.13. The molecule has 1 aromatic heterocycles. The molecule has 1 aromatic carbocycles. The Kier molecular flexibility index (Phi) is 6.09. The number of carbonyl (C=O) groups is 2. The van der Waals surface area contributed by atoms with Crippen molar-refractivity contribution in [2.75, 3.05) is 5.32 Å². The van der Waals surface area contributed by atoms with Gasteiger partial charge >= 0.3 is 18.4 Å². The van der Waals surface area contributed by atoms with Gasteiger partial charge in [-0.15, -0.1) is 0 Å². The number of alkyl halides is 6. The Labute approximate surface area is 162 Å². The molecule has 13 heteroatoms. The van der Waals surface area contributed by atoms with E-state index < -0.39 is 46.1 Å². The molecule has 0 saturated heterocycles. The fraction of sp³-hybridized carbons (Fsp3) is 0.133. The maximum absolute atomic E-state index is 13.0. The molecule has 0 fully saturated rings. The minimum absolute atomic E-state index is 0.189. The Hall–Kier alpha value is -2.53. The fourth-order valence-electron chi connectivity index (χ4n) is 1.96. The molecule has 2 rings (SSSR count). The Balaban J connectivity index is 2.33. The van der Waals surface area contributed by atoms with Crippen molar-refractivity contribution in [1.82, 2.24) is 10.3 Å². The first kappa shape index (κ1) is 21.8. The lowest BCUT2D eigenvalue weighted by Crippen LogP contribution is -2.34. The number of hydrogen-bond acceptors (Lipinski definition) is 3. The first-order valence-corrected chi connectivity index (χ1v) is 7.77. The molecule has 150 valence electrons. The normalized spacial score (nSPS) is 11.9. The SMILES string of the molecule is O=C(NC(=O)c1cccnc1Cl)Nc1cc(C(F)(F)F)cc(C(F)(F)F)c1Cl. The molecule has 0 aliphatic rings. The second-order valence-corrected chi connectivity index (χ2v) is 5.87. The minimum Gasteiger partial charge on any atom is -0.306 e. The zero-order valence-corrected chi connectivity index (χ0v) is 14.7. The molecule has 0 aliphatic carbocycles. The third-order valence-corrected chi connectivity index (χ3v) is 3.89. The van der Waals surface area contributed by atoms with E-state index in [0.717, 1.165) is 0 Å². The molecular weight excluding hydrogens is 439 g/mol. The van der Waals surface area contributed by atoms with Gasteiger partial charge in [0.05, 0.1) is 27.4 Å². The lowest BCUT2D eigenvalue weighted by molar-refractivity contribution is -0.142. The number of benzene rings is 1. The van der Waals surface area contributed by atoms with Gasteiger partial charge in [0.25, 0.3) is 5.91 Å². The number of hydrogen-bond donors (Lipinski definition) is 2. The van der Waals surface area contributed by atoms with Crippen molar-refractivity contribution < 1.29 is 35.9 Å². The maximum atomic E-state index is 13.0. The molecule has 0 radical (unpaired) electrons. The van der Waals surface area contributed by atoms with Gasteiger partial charge in [0, 0.05) is 6.20 Å². The van der Waals surface area contributed by atoms with Crippen LogP contribution in [-0.4, -0.2) is 16.9 Å². The zero-order chi connectivity index (χ0) is 21.3. The first-order valence-electron chi connectivity index (χ1n) is 7.01. The van der Waals surface area contributed by atoms with E-state index in [1.54, 1.807) is 10.6 Å². The van der Waals surface area contributed by atoms with Crippen LogP contribution in [0.15, 0.2) is 30.5 Å². The number of imide groups is 1. The number of halogens is 8. The number of nitrogens with zero attached hydrogens (tertiary/aromatic N) is 1. The highest BCUT2D eigenvalue weighted by Gasteiger charge is 2.39. The number of pyridine rings is 1. The fourth-order valence-corrected chi connectivity index (χ4v) is 2.43. The van der Waals surface area contributed by atoms with Crippen LogP contribution in [0.1, 0.15) is 21.5 Å². The van der Waals surface area contributed by atoms with Gasteiger partial charge in [0.1, 0.15) is 5.15 Å². The van der Waals surface area contributed by atoms with Gasteiger partial charge in [0.15, 0.2) is 0 Å². The number of amides is 3. The van der Waals surface area contributed by atoms with E-state index >= 15 is 0 Å². The van der Waals surface area contributed by atoms with E-state index in [1.165, 1.54) is 18.3 Å². The Morgan fingerprint density at radius 1 is 1.00 bits per heavy atom. The quantitative estimate of drug-likeness (QED) is 0.480. The van der Waals surface area contributed by atoms with Crippen LogP contribution < -0.4 is 10.6 Å². The van der Waals surface area contributed by atoms with Crippen LogP contribution in [0, 0.1) is 0 Å². The largest absolute Gasteiger partial charge is 0.417 e. The summed E-state index contributed by atoms with van der Waals surface area (Å²) >= 11 is 11.1. The summed E-state index contributed by atoms with van der Waals surface area (Å²) in [6, 6.07) is 1.10. The summed E-state index contributed by atoms with van der Waals surface area (Å²) in [5, 5.41) is 1.93. The van der Waals surface area contributed by atoms with Crippen molar-refractivity contribution >= 4 is 40.8 Å². The maximum Gasteiger partial charge on any atom is 0.417 e. The standard InChI is InChI=1S/C15H7Cl2F6N3O2/c16-10-8(15(21,22)23)4-6(14(18,19)20)5-9(10)25-13(28)26-12(27)7-2-1-3-24-11(7)17/h1-5H,(H2,25,26,27,28). The van der Waals surface area contributed by atoms with Crippen LogP contribution >= 0.6 is 23.2 Å². The number of urea groups is 1. The molecule has 0 unspecified atom stereocenters. The van der Waals surface area contributed by atoms with Gasteiger partial charge in [0.2, 0.25) is 0 Å². The number of aromatic nitrogens is 1. The Morgan fingerprint density at radius 3 is 2.18 bits per heavy atom. The van der Waals surface area contributed by atoms with Gasteiger partial charge in [-0.3, -0.25) is 10.1 Å². The van der Waals surface area contributed by atoms with Crippen LogP contribution in [-0.2, 0) is 12.4 Å². The van der Waals surface area contributed by atoms with Crippen LogP contribution in [0.3, 0.4) is 0 Å². The number of carbonyl (C=O) groups excluding carboxylic acids is 2. The lowest BCUT2D eigenvalue weighted by atomic mass is 10.1. The summed E-state index contributed by atoms with van der Waals surface area (Å²) in [5.41, 5.74) is -4.74. The first-order chi connectivity index (χ1) is 12.8. The molecule has 0 saturated carbocycles. The summed E-state index contributed by atoms with van der Waals surface area (Å²) in [6.07, 6.45) is -9.11. The van der Waals surface area contributed by atoms with E-state index in [4.69, 9.17) is 23.2 Å². The van der Waals surface area contributed by atoms with Crippen molar-refractivity contribution in [1.29, 1.82) is 0 Å². The zero-order valence-electron chi connectivity index (χ0n) is 13.2. The summed E-state index contributed by atoms with van der Waals surface area (Å²) in [6.45, 7) is 0. The van der Waals surface area contributed by atoms with E-state index in [1.807, 2.05) is 0 Å². The molecule has 2 N–H and O–H groups in total. The number of nitrogens with one attached hydrogen (secondary N) is 2. The highest BCUT2D eigenvalue weighted by Crippen LogP contribution is 2.42. The minimum atomic E-state index is -5.22. The smallest absolute Gasteiger partial charge is 0.306 e. The highest BCUT2D eigenvalue weighted by atomic mass is 35.5. The third-order valence-electron chi connectivity index (χ3n) is 3.18. The van der Waals surface area contributed by atoms with Gasteiger partial charge in [-0.1, -0.05) is 23.2 Å². The topological polar surface area (TPSA) is 71.1 Å². The van der Waals surface area contributed by atoms with Gasteiger partial charge in [-0.25, -0.2) is 9.78 Å². The number of anilines is 1. The molecule has 0 aliphatic heterocycles. The van der Waals surface area contributed by atoms with Crippen molar-refractivity contribution in [3.05, 3.63) is 57.3 Å². The summed E-state index contributed by atoms with van der Waals surface area (Å²) < 4.78 is 77.5. The van der Waals surface area contributed by atoms with Gasteiger partial charge in [-0.2, -0.15) is 26.3 Å². The van der Waals surface area contributed by atoms with E-state index in [0.29, 0.717) is 0 Å². The monoisotopic (exact) mass is 445 g/mol. The van der Waals surface area contributed by atoms with Crippen molar-refractivity contribution in [2.24, 2.45) is 0 Å². The van der Waals surface area contributed by atoms with Crippen molar-refractivity contribution in [3.63, 3.8) is 0 Å². The average Bonchev–Trinajstić information content (AvgIpc) is 2.54. The van der Waals surface area contributed by atoms with E-state index in [9.17, 15) is 35.9 Å². The molecule has 0 bridgehead atoms. The molecular formula is C15H7Cl2F6N3O2. The second kappa shape index (κ2) is 7.84. The van der Waals surface area contributed by atoms with Crippen molar-refractivity contribution in [3.8, 4) is 0 Å². The van der Waals surface area contributed by atoms with E-state index in [-0.39, 0.29) is 22.8 Å². The van der Waals surface area contributed by atoms with Crippen LogP contribution in [0.2, 0.25) is 10.2 Å².